The molecule has 2 amide bonds. The molecule has 1 aromatic carbocycles. The number of piperazine rings is 1. The van der Waals surface area contributed by atoms with Crippen molar-refractivity contribution in [2.45, 2.75) is 31.8 Å². The number of anilines is 1. The minimum Gasteiger partial charge on any atom is -0.352 e. The molecule has 8 heteroatoms. The Morgan fingerprint density at radius 1 is 1.15 bits per heavy atom. The van der Waals surface area contributed by atoms with E-state index in [0.717, 1.165) is 39.0 Å². The minimum atomic E-state index is -0.122. The van der Waals surface area contributed by atoms with Gasteiger partial charge in [0, 0.05) is 37.9 Å². The van der Waals surface area contributed by atoms with Crippen molar-refractivity contribution in [3.05, 3.63) is 28.2 Å². The van der Waals surface area contributed by atoms with Crippen molar-refractivity contribution in [3.63, 3.8) is 0 Å². The summed E-state index contributed by atoms with van der Waals surface area (Å²) in [5.41, 5.74) is 0.633. The van der Waals surface area contributed by atoms with Gasteiger partial charge in [-0.1, -0.05) is 23.2 Å². The van der Waals surface area contributed by atoms with Gasteiger partial charge < -0.3 is 10.6 Å². The summed E-state index contributed by atoms with van der Waals surface area (Å²) in [5.74, 6) is 0.0228. The third-order valence-corrected chi connectivity index (χ3v) is 5.57. The predicted octanol–water partition coefficient (Wildman–Crippen LogP) is 2.22. The van der Waals surface area contributed by atoms with Crippen LogP contribution in [0.5, 0.6) is 0 Å². The third-order valence-electron chi connectivity index (χ3n) is 4.83. The molecule has 1 atom stereocenters. The molecule has 2 fully saturated rings. The summed E-state index contributed by atoms with van der Waals surface area (Å²) >= 11 is 11.8. The van der Waals surface area contributed by atoms with Crippen LogP contribution in [0.2, 0.25) is 10.0 Å². The molecule has 0 spiro atoms. The predicted molar refractivity (Wildman–Crippen MR) is 104 cm³/mol. The van der Waals surface area contributed by atoms with E-state index in [1.54, 1.807) is 18.2 Å². The molecular formula is C18H24Cl2N4O2. The van der Waals surface area contributed by atoms with Crippen molar-refractivity contribution in [2.24, 2.45) is 0 Å². The van der Waals surface area contributed by atoms with E-state index in [-0.39, 0.29) is 17.9 Å². The Hall–Kier alpha value is -1.34. The quantitative estimate of drug-likeness (QED) is 0.770. The zero-order valence-corrected chi connectivity index (χ0v) is 16.3. The molecule has 142 valence electrons. The Morgan fingerprint density at radius 2 is 1.85 bits per heavy atom. The Morgan fingerprint density at radius 3 is 2.46 bits per heavy atom. The number of amides is 2. The molecule has 1 aliphatic heterocycles. The van der Waals surface area contributed by atoms with Gasteiger partial charge in [-0.15, -0.1) is 0 Å². The summed E-state index contributed by atoms with van der Waals surface area (Å²) in [6.07, 6.45) is 2.19. The fourth-order valence-electron chi connectivity index (χ4n) is 3.00. The van der Waals surface area contributed by atoms with Crippen LogP contribution in [-0.4, -0.2) is 66.4 Å². The molecule has 1 saturated carbocycles. The maximum absolute atomic E-state index is 12.2. The van der Waals surface area contributed by atoms with Crippen LogP contribution in [0.3, 0.4) is 0 Å². The van der Waals surface area contributed by atoms with Gasteiger partial charge in [-0.3, -0.25) is 19.4 Å². The van der Waals surface area contributed by atoms with Crippen molar-refractivity contribution in [1.82, 2.24) is 15.1 Å². The number of nitrogens with zero attached hydrogens (tertiary/aromatic N) is 2. The summed E-state index contributed by atoms with van der Waals surface area (Å²) in [7, 11) is 0. The lowest BCUT2D eigenvalue weighted by Gasteiger charge is -2.37. The minimum absolute atomic E-state index is 0.0867. The Labute approximate surface area is 163 Å². The second kappa shape index (κ2) is 8.57. The molecule has 2 aliphatic rings. The largest absolute Gasteiger partial charge is 0.352 e. The molecule has 1 unspecified atom stereocenters. The molecule has 1 saturated heterocycles. The van der Waals surface area contributed by atoms with Crippen LogP contribution in [-0.2, 0) is 9.59 Å². The van der Waals surface area contributed by atoms with Crippen LogP contribution < -0.4 is 10.6 Å². The van der Waals surface area contributed by atoms with Gasteiger partial charge in [0.05, 0.1) is 22.6 Å². The van der Waals surface area contributed by atoms with Gasteiger partial charge >= 0.3 is 0 Å². The normalized spacial score (nSPS) is 19.8. The summed E-state index contributed by atoms with van der Waals surface area (Å²) in [4.78, 5) is 28.6. The van der Waals surface area contributed by atoms with Crippen molar-refractivity contribution >= 4 is 40.7 Å². The number of hydrogen-bond donors (Lipinski definition) is 2. The highest BCUT2D eigenvalue weighted by Gasteiger charge is 2.30. The van der Waals surface area contributed by atoms with E-state index < -0.39 is 0 Å². The van der Waals surface area contributed by atoms with E-state index in [0.29, 0.717) is 28.3 Å². The summed E-state index contributed by atoms with van der Waals surface area (Å²) in [5, 5.41) is 6.76. The molecule has 1 aliphatic carbocycles. The van der Waals surface area contributed by atoms with Gasteiger partial charge in [0.15, 0.2) is 0 Å². The number of carbonyl (C=O) groups excluding carboxylic acids is 2. The van der Waals surface area contributed by atoms with Crippen LogP contribution in [0.1, 0.15) is 19.8 Å². The van der Waals surface area contributed by atoms with E-state index >= 15 is 0 Å². The van der Waals surface area contributed by atoms with Crippen LogP contribution in [0.15, 0.2) is 18.2 Å². The van der Waals surface area contributed by atoms with Crippen molar-refractivity contribution in [2.75, 3.05) is 38.0 Å². The molecule has 0 radical (unpaired) electrons. The highest BCUT2D eigenvalue weighted by atomic mass is 35.5. The summed E-state index contributed by atoms with van der Waals surface area (Å²) in [6.45, 7) is 5.34. The molecule has 3 rings (SSSR count). The average molecular weight is 399 g/mol. The molecule has 1 heterocycles. The van der Waals surface area contributed by atoms with Gasteiger partial charge in [-0.25, -0.2) is 0 Å². The molecule has 26 heavy (non-hydrogen) atoms. The van der Waals surface area contributed by atoms with Crippen molar-refractivity contribution in [1.29, 1.82) is 0 Å². The molecule has 6 nitrogen and oxygen atoms in total. The first kappa shape index (κ1) is 19.4. The van der Waals surface area contributed by atoms with Gasteiger partial charge in [0.1, 0.15) is 0 Å². The highest BCUT2D eigenvalue weighted by Crippen LogP contribution is 2.25. The highest BCUT2D eigenvalue weighted by molar-refractivity contribution is 6.42. The average Bonchev–Trinajstić information content (AvgIpc) is 3.42. The molecule has 0 aromatic heterocycles. The SMILES string of the molecule is CC(C(=O)NC1CC1)N1CCN(CC(=O)Nc2ccc(Cl)c(Cl)c2)CC1. The lowest BCUT2D eigenvalue weighted by atomic mass is 10.2. The molecular weight excluding hydrogens is 375 g/mol. The molecule has 0 bridgehead atoms. The topological polar surface area (TPSA) is 64.7 Å². The maximum atomic E-state index is 12.2. The van der Waals surface area contributed by atoms with E-state index in [1.807, 2.05) is 6.92 Å². The first-order chi connectivity index (χ1) is 12.4. The second-order valence-corrected chi connectivity index (χ2v) is 7.76. The lowest BCUT2D eigenvalue weighted by Crippen LogP contribution is -2.55. The van der Waals surface area contributed by atoms with Gasteiger partial charge in [0.2, 0.25) is 11.8 Å². The number of benzene rings is 1. The standard InChI is InChI=1S/C18H24Cl2N4O2/c1-12(18(26)22-13-2-3-13)24-8-6-23(7-9-24)11-17(25)21-14-4-5-15(19)16(20)10-14/h4-5,10,12-13H,2-3,6-9,11H2,1H3,(H,21,25)(H,22,26). The van der Waals surface area contributed by atoms with E-state index in [1.165, 1.54) is 0 Å². The fourth-order valence-corrected chi connectivity index (χ4v) is 3.30. The Bertz CT molecular complexity index is 673. The van der Waals surface area contributed by atoms with Crippen molar-refractivity contribution in [3.8, 4) is 0 Å². The van der Waals surface area contributed by atoms with Gasteiger partial charge in [0.25, 0.3) is 0 Å². The first-order valence-corrected chi connectivity index (χ1v) is 9.69. The van der Waals surface area contributed by atoms with Gasteiger partial charge in [-0.2, -0.15) is 0 Å². The Balaban J connectivity index is 1.42. The van der Waals surface area contributed by atoms with Crippen LogP contribution in [0.25, 0.3) is 0 Å². The van der Waals surface area contributed by atoms with Gasteiger partial charge in [-0.05, 0) is 38.0 Å². The number of carbonyl (C=O) groups is 2. The zero-order chi connectivity index (χ0) is 18.7. The monoisotopic (exact) mass is 398 g/mol. The Kier molecular flexibility index (Phi) is 6.40. The first-order valence-electron chi connectivity index (χ1n) is 8.94. The van der Waals surface area contributed by atoms with Crippen LogP contribution in [0, 0.1) is 0 Å². The van der Waals surface area contributed by atoms with E-state index in [4.69, 9.17) is 23.2 Å². The third kappa shape index (κ3) is 5.33. The fraction of sp³-hybridized carbons (Fsp3) is 0.556. The lowest BCUT2D eigenvalue weighted by molar-refractivity contribution is -0.127. The van der Waals surface area contributed by atoms with E-state index in [2.05, 4.69) is 20.4 Å². The maximum Gasteiger partial charge on any atom is 0.238 e. The smallest absolute Gasteiger partial charge is 0.238 e. The van der Waals surface area contributed by atoms with Crippen molar-refractivity contribution < 1.29 is 9.59 Å². The van der Waals surface area contributed by atoms with Crippen LogP contribution in [0.4, 0.5) is 5.69 Å². The second-order valence-electron chi connectivity index (χ2n) is 6.95. The van der Waals surface area contributed by atoms with E-state index in [9.17, 15) is 9.59 Å². The number of hydrogen-bond acceptors (Lipinski definition) is 4. The summed E-state index contributed by atoms with van der Waals surface area (Å²) < 4.78 is 0. The zero-order valence-electron chi connectivity index (χ0n) is 14.8. The molecule has 1 aromatic rings. The van der Waals surface area contributed by atoms with Crippen LogP contribution >= 0.6 is 23.2 Å². The number of rotatable bonds is 6. The number of nitrogens with one attached hydrogen (secondary N) is 2. The molecule has 2 N–H and O–H groups in total. The number of halogens is 2. The summed E-state index contributed by atoms with van der Waals surface area (Å²) in [6, 6.07) is 5.29.